The second kappa shape index (κ2) is 4.29. The van der Waals surface area contributed by atoms with E-state index in [1.807, 2.05) is 0 Å². The van der Waals surface area contributed by atoms with Gasteiger partial charge in [0.15, 0.2) is 0 Å². The number of carbonyl (C=O) groups excluding carboxylic acids is 1. The Labute approximate surface area is 91.3 Å². The molecule has 1 unspecified atom stereocenters. The number of rotatable bonds is 3. The van der Waals surface area contributed by atoms with Gasteiger partial charge < -0.3 is 13.8 Å². The van der Waals surface area contributed by atoms with E-state index in [0.717, 1.165) is 0 Å². The molecule has 1 atom stereocenters. The zero-order valence-corrected chi connectivity index (χ0v) is 10.0. The number of carbonyl (C=O) groups is 1. The van der Waals surface area contributed by atoms with Crippen molar-refractivity contribution in [2.24, 2.45) is 11.3 Å². The highest BCUT2D eigenvalue weighted by molar-refractivity contribution is 8.20. The normalized spacial score (nSPS) is 27.4. The molecule has 1 saturated heterocycles. The van der Waals surface area contributed by atoms with Crippen molar-refractivity contribution in [3.63, 3.8) is 0 Å². The van der Waals surface area contributed by atoms with Gasteiger partial charge >= 0.3 is 5.97 Å². The van der Waals surface area contributed by atoms with Gasteiger partial charge in [0, 0.05) is 5.92 Å². The van der Waals surface area contributed by atoms with Crippen LogP contribution >= 0.6 is 10.9 Å². The molecule has 90 valence electrons. The summed E-state index contributed by atoms with van der Waals surface area (Å²) in [6.45, 7) is 5.73. The Bertz CT molecular complexity index is 251. The van der Waals surface area contributed by atoms with Gasteiger partial charge in [0.1, 0.15) is 0 Å². The van der Waals surface area contributed by atoms with Gasteiger partial charge in [-0.25, -0.2) is 0 Å². The van der Waals surface area contributed by atoms with Crippen LogP contribution in [0.1, 0.15) is 20.8 Å². The topological polar surface area (TPSA) is 76.0 Å². The van der Waals surface area contributed by atoms with Crippen LogP contribution in [0.5, 0.6) is 0 Å². The average Bonchev–Trinajstić information content (AvgIpc) is 2.47. The highest BCUT2D eigenvalue weighted by Gasteiger charge is 2.46. The van der Waals surface area contributed by atoms with E-state index in [1.54, 1.807) is 20.8 Å². The summed E-state index contributed by atoms with van der Waals surface area (Å²) in [5, 5.41) is 0. The lowest BCUT2D eigenvalue weighted by molar-refractivity contribution is -0.156. The second-order valence-electron chi connectivity index (χ2n) is 4.20. The first-order valence-corrected chi connectivity index (χ1v) is 6.51. The summed E-state index contributed by atoms with van der Waals surface area (Å²) >= 11 is 0. The van der Waals surface area contributed by atoms with Crippen LogP contribution in [0.4, 0.5) is 0 Å². The van der Waals surface area contributed by atoms with Gasteiger partial charge in [-0.1, -0.05) is 0 Å². The van der Waals surface area contributed by atoms with Crippen molar-refractivity contribution >= 4 is 16.8 Å². The molecule has 0 aromatic rings. The molecule has 1 aliphatic rings. The van der Waals surface area contributed by atoms with E-state index in [-0.39, 0.29) is 24.2 Å². The van der Waals surface area contributed by atoms with Crippen molar-refractivity contribution in [2.75, 3.05) is 19.0 Å². The number of esters is 1. The van der Waals surface area contributed by atoms with Crippen molar-refractivity contribution in [1.29, 1.82) is 0 Å². The van der Waals surface area contributed by atoms with Gasteiger partial charge in [-0.3, -0.25) is 8.98 Å². The SMILES string of the molecule is CCOC(=O)C(C)(C)C1COS(O)(O)C1. The zero-order chi connectivity index (χ0) is 11.7. The predicted octanol–water partition coefficient (Wildman–Crippen LogP) is 1.89. The maximum Gasteiger partial charge on any atom is 0.311 e. The quantitative estimate of drug-likeness (QED) is 0.734. The first-order chi connectivity index (χ1) is 6.79. The minimum atomic E-state index is -2.93. The molecule has 1 heterocycles. The van der Waals surface area contributed by atoms with Crippen molar-refractivity contribution in [3.05, 3.63) is 0 Å². The maximum absolute atomic E-state index is 11.6. The molecule has 1 aliphatic heterocycles. The molecule has 0 aromatic heterocycles. The molecule has 0 aliphatic carbocycles. The Balaban J connectivity index is 2.66. The van der Waals surface area contributed by atoms with E-state index in [0.29, 0.717) is 6.61 Å². The number of ether oxygens (including phenoxy) is 1. The van der Waals surface area contributed by atoms with Crippen LogP contribution in [-0.2, 0) is 13.7 Å². The Morgan fingerprint density at radius 1 is 1.60 bits per heavy atom. The molecule has 2 N–H and O–H groups in total. The third kappa shape index (κ3) is 2.84. The molecule has 15 heavy (non-hydrogen) atoms. The van der Waals surface area contributed by atoms with Crippen LogP contribution in [0.25, 0.3) is 0 Å². The molecular formula is C9H18O5S. The highest BCUT2D eigenvalue weighted by atomic mass is 32.3. The van der Waals surface area contributed by atoms with Crippen LogP contribution in [0.2, 0.25) is 0 Å². The van der Waals surface area contributed by atoms with E-state index in [1.165, 1.54) is 0 Å². The minimum Gasteiger partial charge on any atom is -0.466 e. The van der Waals surface area contributed by atoms with Crippen molar-refractivity contribution in [3.8, 4) is 0 Å². The van der Waals surface area contributed by atoms with Crippen molar-refractivity contribution in [1.82, 2.24) is 0 Å². The van der Waals surface area contributed by atoms with Crippen molar-refractivity contribution < 1.29 is 22.8 Å². The second-order valence-corrected chi connectivity index (χ2v) is 5.98. The number of hydrogen-bond acceptors (Lipinski definition) is 5. The van der Waals surface area contributed by atoms with Crippen LogP contribution in [-0.4, -0.2) is 34.0 Å². The summed E-state index contributed by atoms with van der Waals surface area (Å²) in [5.41, 5.74) is -0.740. The first kappa shape index (κ1) is 12.8. The number of hydrogen-bond donors (Lipinski definition) is 2. The molecular weight excluding hydrogens is 220 g/mol. The van der Waals surface area contributed by atoms with Crippen LogP contribution in [0.15, 0.2) is 0 Å². The Kier molecular flexibility index (Phi) is 3.65. The van der Waals surface area contributed by atoms with E-state index in [2.05, 4.69) is 0 Å². The summed E-state index contributed by atoms with van der Waals surface area (Å²) in [5.74, 6) is -0.420. The zero-order valence-electron chi connectivity index (χ0n) is 9.23. The van der Waals surface area contributed by atoms with Crippen LogP contribution in [0.3, 0.4) is 0 Å². The maximum atomic E-state index is 11.6. The van der Waals surface area contributed by atoms with Crippen molar-refractivity contribution in [2.45, 2.75) is 20.8 Å². The molecule has 0 amide bonds. The third-order valence-electron chi connectivity index (χ3n) is 2.70. The average molecular weight is 238 g/mol. The van der Waals surface area contributed by atoms with E-state index in [4.69, 9.17) is 8.92 Å². The minimum absolute atomic E-state index is 0.110. The smallest absolute Gasteiger partial charge is 0.311 e. The lowest BCUT2D eigenvalue weighted by Gasteiger charge is -2.28. The van der Waals surface area contributed by atoms with Gasteiger partial charge in [-0.2, -0.15) is 0 Å². The van der Waals surface area contributed by atoms with E-state index < -0.39 is 16.3 Å². The summed E-state index contributed by atoms with van der Waals surface area (Å²) in [6, 6.07) is 0. The first-order valence-electron chi connectivity index (χ1n) is 4.87. The molecule has 5 nitrogen and oxygen atoms in total. The van der Waals surface area contributed by atoms with Gasteiger partial charge in [0.2, 0.25) is 0 Å². The summed E-state index contributed by atoms with van der Waals surface area (Å²) < 4.78 is 28.4. The van der Waals surface area contributed by atoms with Crippen LogP contribution in [0, 0.1) is 11.3 Å². The molecule has 0 aromatic carbocycles. The largest absolute Gasteiger partial charge is 0.466 e. The summed E-state index contributed by atoms with van der Waals surface area (Å²) in [4.78, 5) is 11.6. The summed E-state index contributed by atoms with van der Waals surface area (Å²) in [7, 11) is -2.93. The van der Waals surface area contributed by atoms with Gasteiger partial charge in [-0.15, -0.1) is 0 Å². The molecule has 1 fully saturated rings. The van der Waals surface area contributed by atoms with Gasteiger partial charge in [-0.05, 0) is 20.8 Å². The lowest BCUT2D eigenvalue weighted by atomic mass is 9.80. The Hall–Kier alpha value is -0.300. The fourth-order valence-corrected chi connectivity index (χ4v) is 2.97. The van der Waals surface area contributed by atoms with E-state index in [9.17, 15) is 13.9 Å². The molecule has 0 spiro atoms. The van der Waals surface area contributed by atoms with Gasteiger partial charge in [0.25, 0.3) is 0 Å². The van der Waals surface area contributed by atoms with Crippen LogP contribution < -0.4 is 0 Å². The van der Waals surface area contributed by atoms with Gasteiger partial charge in [0.05, 0.1) is 35.3 Å². The molecule has 1 rings (SSSR count). The molecule has 0 saturated carbocycles. The predicted molar refractivity (Wildman–Crippen MR) is 57.6 cm³/mol. The fourth-order valence-electron chi connectivity index (χ4n) is 1.45. The molecule has 0 bridgehead atoms. The third-order valence-corrected chi connectivity index (χ3v) is 4.05. The Morgan fingerprint density at radius 3 is 2.60 bits per heavy atom. The Morgan fingerprint density at radius 2 is 2.20 bits per heavy atom. The highest BCUT2D eigenvalue weighted by Crippen LogP contribution is 2.52. The summed E-state index contributed by atoms with van der Waals surface area (Å²) in [6.07, 6.45) is 0. The molecule has 0 radical (unpaired) electrons. The lowest BCUT2D eigenvalue weighted by Crippen LogP contribution is -2.36. The fraction of sp³-hybridized carbons (Fsp3) is 0.889. The molecule has 6 heteroatoms. The monoisotopic (exact) mass is 238 g/mol. The van der Waals surface area contributed by atoms with E-state index >= 15 is 0 Å². The standard InChI is InChI=1S/C9H18O5S/c1-4-13-8(10)9(2,3)7-5-14-15(11,12)6-7/h7,11-12H,4-6H2,1-3H3.